The summed E-state index contributed by atoms with van der Waals surface area (Å²) < 4.78 is 10.9. The van der Waals surface area contributed by atoms with E-state index in [0.717, 1.165) is 22.5 Å². The molecule has 4 N–H and O–H groups in total. The van der Waals surface area contributed by atoms with Crippen LogP contribution in [0.25, 0.3) is 12.2 Å². The van der Waals surface area contributed by atoms with E-state index in [1.54, 1.807) is 0 Å². The maximum Gasteiger partial charge on any atom is 0.100 e. The van der Waals surface area contributed by atoms with Gasteiger partial charge in [-0.25, -0.2) is 0 Å². The Morgan fingerprint density at radius 2 is 1.38 bits per heavy atom. The van der Waals surface area contributed by atoms with Crippen molar-refractivity contribution in [2.45, 2.75) is 19.1 Å². The minimum absolute atomic E-state index is 0.0706. The van der Waals surface area contributed by atoms with Gasteiger partial charge in [0.05, 0.1) is 39.6 Å². The van der Waals surface area contributed by atoms with Crippen molar-refractivity contribution in [2.75, 3.05) is 57.6 Å². The zero-order valence-corrected chi connectivity index (χ0v) is 18.5. The first kappa shape index (κ1) is 25.9. The number of nitrogens with zero attached hydrogens (tertiary/aromatic N) is 2. The van der Waals surface area contributed by atoms with Gasteiger partial charge in [-0.05, 0) is 36.2 Å². The van der Waals surface area contributed by atoms with Gasteiger partial charge in [-0.2, -0.15) is 0 Å². The standard InChI is InChI=1S/C24H34N2O6/c1-19-2-3-21(14-25-19)5-4-20-6-8-22(9-7-20)26(10-12-31-17-23(29)15-27)11-13-32-18-24(30)16-28/h2-9,14,23-24,27-30H,10-13,15-18H2,1H3/b5-4+. The Kier molecular flexibility index (Phi) is 11.9. The summed E-state index contributed by atoms with van der Waals surface area (Å²) in [7, 11) is 0. The van der Waals surface area contributed by atoms with Gasteiger partial charge in [0.25, 0.3) is 0 Å². The molecule has 0 radical (unpaired) electrons. The van der Waals surface area contributed by atoms with Crippen LogP contribution in [0.3, 0.4) is 0 Å². The number of aryl methyl sites for hydroxylation is 1. The number of ether oxygens (including phenoxy) is 2. The van der Waals surface area contributed by atoms with Crippen LogP contribution in [0, 0.1) is 6.92 Å². The second-order valence-electron chi connectivity index (χ2n) is 7.47. The van der Waals surface area contributed by atoms with E-state index in [9.17, 15) is 10.2 Å². The van der Waals surface area contributed by atoms with Crippen molar-refractivity contribution >= 4 is 17.8 Å². The second kappa shape index (κ2) is 14.7. The number of aliphatic hydroxyl groups is 4. The van der Waals surface area contributed by atoms with Crippen molar-refractivity contribution < 1.29 is 29.9 Å². The molecule has 8 nitrogen and oxygen atoms in total. The van der Waals surface area contributed by atoms with Gasteiger partial charge in [0.2, 0.25) is 0 Å². The van der Waals surface area contributed by atoms with Crippen LogP contribution < -0.4 is 4.90 Å². The predicted molar refractivity (Wildman–Crippen MR) is 124 cm³/mol. The zero-order chi connectivity index (χ0) is 23.2. The quantitative estimate of drug-likeness (QED) is 0.301. The van der Waals surface area contributed by atoms with Crippen LogP contribution in [0.1, 0.15) is 16.8 Å². The Balaban J connectivity index is 1.95. The molecule has 2 atom stereocenters. The molecule has 2 unspecified atom stereocenters. The number of anilines is 1. The highest BCUT2D eigenvalue weighted by atomic mass is 16.5. The second-order valence-corrected chi connectivity index (χ2v) is 7.47. The molecule has 0 spiro atoms. The van der Waals surface area contributed by atoms with Crippen molar-refractivity contribution in [3.05, 3.63) is 59.4 Å². The Morgan fingerprint density at radius 1 is 0.844 bits per heavy atom. The molecule has 0 saturated heterocycles. The van der Waals surface area contributed by atoms with Gasteiger partial charge in [-0.15, -0.1) is 0 Å². The predicted octanol–water partition coefficient (Wildman–Crippen LogP) is 1.11. The molecule has 1 heterocycles. The van der Waals surface area contributed by atoms with Gasteiger partial charge in [-0.3, -0.25) is 4.98 Å². The lowest BCUT2D eigenvalue weighted by Gasteiger charge is -2.25. The zero-order valence-electron chi connectivity index (χ0n) is 18.5. The highest BCUT2D eigenvalue weighted by Gasteiger charge is 2.09. The highest BCUT2D eigenvalue weighted by molar-refractivity contribution is 5.70. The molecule has 32 heavy (non-hydrogen) atoms. The lowest BCUT2D eigenvalue weighted by atomic mass is 10.1. The molecule has 0 aliphatic carbocycles. The first-order chi connectivity index (χ1) is 15.5. The van der Waals surface area contributed by atoms with Crippen LogP contribution >= 0.6 is 0 Å². The van der Waals surface area contributed by atoms with Crippen molar-refractivity contribution in [1.29, 1.82) is 0 Å². The molecule has 2 rings (SSSR count). The van der Waals surface area contributed by atoms with Crippen LogP contribution in [-0.4, -0.2) is 90.3 Å². The summed E-state index contributed by atoms with van der Waals surface area (Å²) >= 11 is 0. The number of rotatable bonds is 15. The smallest absolute Gasteiger partial charge is 0.100 e. The molecule has 0 saturated carbocycles. The summed E-state index contributed by atoms with van der Waals surface area (Å²) in [6, 6.07) is 12.1. The number of aromatic nitrogens is 1. The first-order valence-electron chi connectivity index (χ1n) is 10.7. The molecule has 1 aromatic carbocycles. The van der Waals surface area contributed by atoms with E-state index in [1.807, 2.05) is 61.7 Å². The summed E-state index contributed by atoms with van der Waals surface area (Å²) in [5, 5.41) is 36.6. The van der Waals surface area contributed by atoms with E-state index in [-0.39, 0.29) is 26.4 Å². The maximum atomic E-state index is 9.40. The molecule has 2 aromatic rings. The van der Waals surface area contributed by atoms with Gasteiger partial charge in [-0.1, -0.05) is 30.4 Å². The van der Waals surface area contributed by atoms with Crippen LogP contribution in [0.2, 0.25) is 0 Å². The number of benzene rings is 1. The van der Waals surface area contributed by atoms with Crippen molar-refractivity contribution in [2.24, 2.45) is 0 Å². The minimum Gasteiger partial charge on any atom is -0.394 e. The van der Waals surface area contributed by atoms with Gasteiger partial charge in [0, 0.05) is 30.7 Å². The molecule has 0 aliphatic heterocycles. The third kappa shape index (κ3) is 9.86. The van der Waals surface area contributed by atoms with Crippen molar-refractivity contribution in [3.63, 3.8) is 0 Å². The van der Waals surface area contributed by atoms with Crippen LogP contribution in [0.15, 0.2) is 42.6 Å². The van der Waals surface area contributed by atoms with E-state index in [0.29, 0.717) is 26.3 Å². The van der Waals surface area contributed by atoms with Crippen molar-refractivity contribution in [3.8, 4) is 0 Å². The number of hydrogen-bond acceptors (Lipinski definition) is 8. The molecule has 0 fully saturated rings. The summed E-state index contributed by atoms with van der Waals surface area (Å²) in [5.41, 5.74) is 4.05. The average Bonchev–Trinajstić information content (AvgIpc) is 2.82. The van der Waals surface area contributed by atoms with Gasteiger partial charge in [0.15, 0.2) is 0 Å². The lowest BCUT2D eigenvalue weighted by molar-refractivity contribution is 0.00475. The van der Waals surface area contributed by atoms with E-state index >= 15 is 0 Å². The fraction of sp³-hybridized carbons (Fsp3) is 0.458. The molecule has 0 bridgehead atoms. The van der Waals surface area contributed by atoms with Gasteiger partial charge in [0.1, 0.15) is 12.2 Å². The maximum absolute atomic E-state index is 9.40. The van der Waals surface area contributed by atoms with Crippen LogP contribution in [-0.2, 0) is 9.47 Å². The van der Waals surface area contributed by atoms with E-state index in [2.05, 4.69) is 9.88 Å². The third-order valence-electron chi connectivity index (χ3n) is 4.71. The number of pyridine rings is 1. The average molecular weight is 447 g/mol. The fourth-order valence-electron chi connectivity index (χ4n) is 2.83. The molecular formula is C24H34N2O6. The first-order valence-corrected chi connectivity index (χ1v) is 10.7. The van der Waals surface area contributed by atoms with Crippen LogP contribution in [0.4, 0.5) is 5.69 Å². The summed E-state index contributed by atoms with van der Waals surface area (Å²) in [6.07, 6.45) is 4.10. The normalized spacial score (nSPS) is 13.4. The molecular weight excluding hydrogens is 412 g/mol. The summed E-state index contributed by atoms with van der Waals surface area (Å²) in [6.45, 7) is 3.30. The third-order valence-corrected chi connectivity index (χ3v) is 4.71. The van der Waals surface area contributed by atoms with Crippen molar-refractivity contribution in [1.82, 2.24) is 4.98 Å². The van der Waals surface area contributed by atoms with E-state index < -0.39 is 12.2 Å². The highest BCUT2D eigenvalue weighted by Crippen LogP contribution is 2.17. The lowest BCUT2D eigenvalue weighted by Crippen LogP contribution is -2.33. The molecule has 0 amide bonds. The van der Waals surface area contributed by atoms with E-state index in [1.165, 1.54) is 0 Å². The largest absolute Gasteiger partial charge is 0.394 e. The fourth-order valence-corrected chi connectivity index (χ4v) is 2.83. The Hall–Kier alpha value is -2.33. The Morgan fingerprint density at radius 3 is 1.88 bits per heavy atom. The topological polar surface area (TPSA) is 116 Å². The van der Waals surface area contributed by atoms with Gasteiger partial charge >= 0.3 is 0 Å². The van der Waals surface area contributed by atoms with Crippen LogP contribution in [0.5, 0.6) is 0 Å². The molecule has 0 aliphatic rings. The summed E-state index contributed by atoms with van der Waals surface area (Å²) in [4.78, 5) is 6.37. The molecule has 176 valence electrons. The number of hydrogen-bond donors (Lipinski definition) is 4. The number of aliphatic hydroxyl groups excluding tert-OH is 4. The summed E-state index contributed by atoms with van der Waals surface area (Å²) in [5.74, 6) is 0. The minimum atomic E-state index is -0.887. The Labute approximate surface area is 189 Å². The van der Waals surface area contributed by atoms with Gasteiger partial charge < -0.3 is 34.8 Å². The Bertz CT molecular complexity index is 764. The molecule has 8 heteroatoms. The monoisotopic (exact) mass is 446 g/mol. The SMILES string of the molecule is Cc1ccc(/C=C/c2ccc(N(CCOCC(O)CO)CCOCC(O)CO)cc2)cn1. The molecule has 1 aromatic heterocycles. The van der Waals surface area contributed by atoms with E-state index in [4.69, 9.17) is 19.7 Å².